The molecule has 0 atom stereocenters. The molecule has 6 heteroatoms. The minimum atomic E-state index is -0.359. The lowest BCUT2D eigenvalue weighted by Crippen LogP contribution is -2.32. The summed E-state index contributed by atoms with van der Waals surface area (Å²) in [5, 5.41) is 17.0. The Kier molecular flexibility index (Phi) is 4.58. The largest absolute Gasteiger partial charge is 0.508 e. The van der Waals surface area contributed by atoms with Gasteiger partial charge in [0, 0.05) is 17.1 Å². The van der Waals surface area contributed by atoms with Crippen LogP contribution in [-0.4, -0.2) is 16.1 Å². The van der Waals surface area contributed by atoms with Crippen LogP contribution in [0.5, 0.6) is 5.75 Å². The Morgan fingerprint density at radius 1 is 1.17 bits per heavy atom. The number of furan rings is 1. The number of anilines is 1. The lowest BCUT2D eigenvalue weighted by molar-refractivity contribution is -0.115. The van der Waals surface area contributed by atoms with E-state index in [2.05, 4.69) is 10.6 Å². The maximum atomic E-state index is 11.8. The third kappa shape index (κ3) is 3.80. The molecule has 24 heavy (non-hydrogen) atoms. The second-order valence-corrected chi connectivity index (χ2v) is 5.41. The topological polar surface area (TPSA) is 74.5 Å². The van der Waals surface area contributed by atoms with Crippen LogP contribution in [0.1, 0.15) is 5.76 Å². The van der Waals surface area contributed by atoms with Gasteiger partial charge in [-0.1, -0.05) is 12.1 Å². The van der Waals surface area contributed by atoms with Gasteiger partial charge in [-0.25, -0.2) is 0 Å². The van der Waals surface area contributed by atoms with Crippen LogP contribution in [0.2, 0.25) is 0 Å². The SMILES string of the molecule is O=C(/C=C/c1ccco1)NC(=S)Nc1cccc2cc(O)ccc12. The van der Waals surface area contributed by atoms with Gasteiger partial charge in [-0.3, -0.25) is 10.1 Å². The molecule has 1 aromatic heterocycles. The van der Waals surface area contributed by atoms with Crippen molar-refractivity contribution in [1.82, 2.24) is 5.32 Å². The van der Waals surface area contributed by atoms with Crippen molar-refractivity contribution in [3.63, 3.8) is 0 Å². The smallest absolute Gasteiger partial charge is 0.250 e. The molecule has 0 radical (unpaired) electrons. The number of phenolic OH excluding ortho intramolecular Hbond substituents is 1. The van der Waals surface area contributed by atoms with E-state index in [-0.39, 0.29) is 16.8 Å². The molecule has 5 nitrogen and oxygen atoms in total. The van der Waals surface area contributed by atoms with Gasteiger partial charge in [-0.2, -0.15) is 0 Å². The molecule has 3 rings (SSSR count). The highest BCUT2D eigenvalue weighted by Gasteiger charge is 2.05. The molecule has 1 amide bonds. The minimum absolute atomic E-state index is 0.185. The molecule has 0 aliphatic rings. The number of hydrogen-bond donors (Lipinski definition) is 3. The fourth-order valence-electron chi connectivity index (χ4n) is 2.23. The maximum Gasteiger partial charge on any atom is 0.250 e. The minimum Gasteiger partial charge on any atom is -0.508 e. The third-order valence-electron chi connectivity index (χ3n) is 3.29. The molecule has 0 saturated carbocycles. The van der Waals surface area contributed by atoms with Crippen LogP contribution in [0.3, 0.4) is 0 Å². The summed E-state index contributed by atoms with van der Waals surface area (Å²) >= 11 is 5.17. The lowest BCUT2D eigenvalue weighted by atomic mass is 10.1. The van der Waals surface area contributed by atoms with Gasteiger partial charge in [0.2, 0.25) is 5.91 Å². The highest BCUT2D eigenvalue weighted by molar-refractivity contribution is 7.80. The summed E-state index contributed by atoms with van der Waals surface area (Å²) in [7, 11) is 0. The van der Waals surface area contributed by atoms with Crippen molar-refractivity contribution in [3.8, 4) is 5.75 Å². The van der Waals surface area contributed by atoms with Gasteiger partial charge in [0.15, 0.2) is 5.11 Å². The number of benzene rings is 2. The quantitative estimate of drug-likeness (QED) is 0.502. The van der Waals surface area contributed by atoms with Gasteiger partial charge in [-0.05, 0) is 60.1 Å². The van der Waals surface area contributed by atoms with E-state index in [9.17, 15) is 9.90 Å². The third-order valence-corrected chi connectivity index (χ3v) is 3.50. The van der Waals surface area contributed by atoms with Crippen LogP contribution in [0.15, 0.2) is 65.3 Å². The average Bonchev–Trinajstić information content (AvgIpc) is 3.06. The Hall–Kier alpha value is -3.12. The first kappa shape index (κ1) is 15.8. The number of carbonyl (C=O) groups is 1. The number of aromatic hydroxyl groups is 1. The summed E-state index contributed by atoms with van der Waals surface area (Å²) in [6, 6.07) is 14.1. The molecule has 3 aromatic rings. The van der Waals surface area contributed by atoms with Crippen molar-refractivity contribution in [2.45, 2.75) is 0 Å². The summed E-state index contributed by atoms with van der Waals surface area (Å²) in [6.07, 6.45) is 4.43. The molecule has 120 valence electrons. The highest BCUT2D eigenvalue weighted by Crippen LogP contribution is 2.26. The van der Waals surface area contributed by atoms with Crippen LogP contribution < -0.4 is 10.6 Å². The number of fused-ring (bicyclic) bond motifs is 1. The van der Waals surface area contributed by atoms with Crippen molar-refractivity contribution < 1.29 is 14.3 Å². The van der Waals surface area contributed by atoms with Crippen LogP contribution >= 0.6 is 12.2 Å². The zero-order valence-electron chi connectivity index (χ0n) is 12.5. The first-order chi connectivity index (χ1) is 11.6. The first-order valence-corrected chi connectivity index (χ1v) is 7.58. The standard InChI is InChI=1S/C18H14N2O3S/c21-13-6-8-15-12(11-13)3-1-5-16(15)19-18(24)20-17(22)9-7-14-4-2-10-23-14/h1-11,21H,(H2,19,20,22,24)/b9-7+. The number of carbonyl (C=O) groups excluding carboxylic acids is 1. The molecule has 2 aromatic carbocycles. The fourth-order valence-corrected chi connectivity index (χ4v) is 2.44. The van der Waals surface area contributed by atoms with Crippen LogP contribution in [0.4, 0.5) is 5.69 Å². The molecule has 0 spiro atoms. The van der Waals surface area contributed by atoms with Gasteiger partial charge >= 0.3 is 0 Å². The van der Waals surface area contributed by atoms with Gasteiger partial charge in [0.05, 0.1) is 6.26 Å². The van der Waals surface area contributed by atoms with E-state index in [0.29, 0.717) is 5.76 Å². The Morgan fingerprint density at radius 2 is 2.04 bits per heavy atom. The number of nitrogens with one attached hydrogen (secondary N) is 2. The Morgan fingerprint density at radius 3 is 2.83 bits per heavy atom. The van der Waals surface area contributed by atoms with Crippen molar-refractivity contribution in [1.29, 1.82) is 0 Å². The van der Waals surface area contributed by atoms with E-state index >= 15 is 0 Å². The van der Waals surface area contributed by atoms with Gasteiger partial charge in [-0.15, -0.1) is 0 Å². The van der Waals surface area contributed by atoms with E-state index < -0.39 is 0 Å². The zero-order valence-corrected chi connectivity index (χ0v) is 13.3. The molecule has 1 heterocycles. The number of amides is 1. The number of phenols is 1. The second-order valence-electron chi connectivity index (χ2n) is 5.00. The van der Waals surface area contributed by atoms with Crippen LogP contribution in [-0.2, 0) is 4.79 Å². The lowest BCUT2D eigenvalue weighted by Gasteiger charge is -2.11. The molecule has 0 saturated heterocycles. The summed E-state index contributed by atoms with van der Waals surface area (Å²) in [4.78, 5) is 11.8. The molecular weight excluding hydrogens is 324 g/mol. The summed E-state index contributed by atoms with van der Waals surface area (Å²) in [5.74, 6) is 0.415. The molecule has 0 aliphatic carbocycles. The first-order valence-electron chi connectivity index (χ1n) is 7.17. The Balaban J connectivity index is 1.68. The second kappa shape index (κ2) is 6.97. The Labute approximate surface area is 143 Å². The molecule has 3 N–H and O–H groups in total. The van der Waals surface area contributed by atoms with Gasteiger partial charge in [0.25, 0.3) is 0 Å². The van der Waals surface area contributed by atoms with E-state index in [4.69, 9.17) is 16.6 Å². The summed E-state index contributed by atoms with van der Waals surface area (Å²) < 4.78 is 5.11. The predicted octanol–water partition coefficient (Wildman–Crippen LogP) is 3.66. The average molecular weight is 338 g/mol. The van der Waals surface area contributed by atoms with Crippen molar-refractivity contribution in [2.24, 2.45) is 0 Å². The molecule has 0 aliphatic heterocycles. The zero-order chi connectivity index (χ0) is 16.9. The van der Waals surface area contributed by atoms with Crippen molar-refractivity contribution >= 4 is 45.8 Å². The normalized spacial score (nSPS) is 10.8. The predicted molar refractivity (Wildman–Crippen MR) is 97.7 cm³/mol. The summed E-state index contributed by atoms with van der Waals surface area (Å²) in [5.41, 5.74) is 0.743. The molecule has 0 unspecified atom stereocenters. The highest BCUT2D eigenvalue weighted by atomic mass is 32.1. The molecule has 0 fully saturated rings. The number of rotatable bonds is 3. The van der Waals surface area contributed by atoms with Crippen molar-refractivity contribution in [3.05, 3.63) is 66.6 Å². The molecule has 0 bridgehead atoms. The van der Waals surface area contributed by atoms with Crippen molar-refractivity contribution in [2.75, 3.05) is 5.32 Å². The monoisotopic (exact) mass is 338 g/mol. The van der Waals surface area contributed by atoms with Gasteiger partial charge in [0.1, 0.15) is 11.5 Å². The fraction of sp³-hybridized carbons (Fsp3) is 0. The van der Waals surface area contributed by atoms with E-state index in [0.717, 1.165) is 16.5 Å². The van der Waals surface area contributed by atoms with Crippen LogP contribution in [0, 0.1) is 0 Å². The molecular formula is C18H14N2O3S. The van der Waals surface area contributed by atoms with E-state index in [1.54, 1.807) is 36.4 Å². The van der Waals surface area contributed by atoms with E-state index in [1.165, 1.54) is 12.3 Å². The van der Waals surface area contributed by atoms with Crippen LogP contribution in [0.25, 0.3) is 16.8 Å². The number of thiocarbonyl (C=S) groups is 1. The maximum absolute atomic E-state index is 11.8. The summed E-state index contributed by atoms with van der Waals surface area (Å²) in [6.45, 7) is 0. The Bertz CT molecular complexity index is 917. The number of hydrogen-bond acceptors (Lipinski definition) is 4. The van der Waals surface area contributed by atoms with E-state index in [1.807, 2.05) is 18.2 Å². The van der Waals surface area contributed by atoms with Gasteiger partial charge < -0.3 is 14.8 Å².